The molecule has 0 bridgehead atoms. The van der Waals surface area contributed by atoms with Gasteiger partial charge in [-0.15, -0.1) is 22.9 Å². The summed E-state index contributed by atoms with van der Waals surface area (Å²) >= 11 is 7.18. The first-order valence-corrected chi connectivity index (χ1v) is 16.3. The molecule has 1 aromatic rings. The highest BCUT2D eigenvalue weighted by molar-refractivity contribution is 7.08. The van der Waals surface area contributed by atoms with Crippen molar-refractivity contribution in [2.75, 3.05) is 78.4 Å². The van der Waals surface area contributed by atoms with Crippen LogP contribution in [0.2, 0.25) is 0 Å². The van der Waals surface area contributed by atoms with Crippen LogP contribution in [0, 0.1) is 10.8 Å². The second-order valence-electron chi connectivity index (χ2n) is 12.1. The van der Waals surface area contributed by atoms with Gasteiger partial charge in [0.2, 0.25) is 11.8 Å². The van der Waals surface area contributed by atoms with Crippen molar-refractivity contribution in [2.45, 2.75) is 65.9 Å². The summed E-state index contributed by atoms with van der Waals surface area (Å²) in [6.45, 7) is 12.7. The number of halogens is 1. The molecule has 1 unspecified atom stereocenters. The van der Waals surface area contributed by atoms with Crippen LogP contribution < -0.4 is 20.1 Å². The van der Waals surface area contributed by atoms with Crippen molar-refractivity contribution in [3.63, 3.8) is 0 Å². The van der Waals surface area contributed by atoms with Crippen LogP contribution in [0.25, 0.3) is 0 Å². The highest BCUT2D eigenvalue weighted by Gasteiger charge is 2.26. The molecule has 0 fully saturated rings. The molecule has 0 aliphatic carbocycles. The minimum atomic E-state index is -0.329. The number of thiophene rings is 1. The number of rotatable bonds is 24. The Labute approximate surface area is 260 Å². The van der Waals surface area contributed by atoms with Crippen molar-refractivity contribution < 1.29 is 38.0 Å². The number of hydrogen-bond acceptors (Lipinski definition) is 9. The van der Waals surface area contributed by atoms with E-state index in [1.807, 2.05) is 38.5 Å². The summed E-state index contributed by atoms with van der Waals surface area (Å²) in [5.74, 6) is 1.97. The first-order chi connectivity index (χ1) is 20.1. The molecule has 0 aromatic carbocycles. The van der Waals surface area contributed by atoms with Gasteiger partial charge in [0.05, 0.1) is 39.6 Å². The molecular formula is C30H51ClN2O8S. The smallest absolute Gasteiger partial charge is 0.246 e. The number of carbonyl (C=O) groups excluding carboxylic acids is 2. The Balaban J connectivity index is 1.46. The summed E-state index contributed by atoms with van der Waals surface area (Å²) in [5.41, 5.74) is -0.612. The second kappa shape index (κ2) is 20.3. The number of nitrogens with one attached hydrogen (secondary N) is 2. The number of alkyl halides is 1. The summed E-state index contributed by atoms with van der Waals surface area (Å²) in [5, 5.41) is 9.60. The van der Waals surface area contributed by atoms with Crippen molar-refractivity contribution >= 4 is 34.8 Å². The van der Waals surface area contributed by atoms with E-state index in [-0.39, 0.29) is 42.0 Å². The fourth-order valence-corrected chi connectivity index (χ4v) is 4.91. The SMILES string of the molecule is CC(C)(CNC(=O)COCC1COc2cscc2O1)COCC(C)(C)CC(=O)NCCOCCOCCCCCCCl. The first-order valence-electron chi connectivity index (χ1n) is 14.9. The Bertz CT molecular complexity index is 898. The van der Waals surface area contributed by atoms with Crippen molar-refractivity contribution in [2.24, 2.45) is 10.8 Å². The van der Waals surface area contributed by atoms with Gasteiger partial charge in [-0.1, -0.05) is 40.5 Å². The van der Waals surface area contributed by atoms with E-state index >= 15 is 0 Å². The quantitative estimate of drug-likeness (QED) is 0.127. The molecule has 1 aromatic heterocycles. The fourth-order valence-electron chi connectivity index (χ4n) is 4.05. The Morgan fingerprint density at radius 2 is 1.60 bits per heavy atom. The summed E-state index contributed by atoms with van der Waals surface area (Å²) in [7, 11) is 0. The zero-order valence-corrected chi connectivity index (χ0v) is 27.4. The molecule has 1 aliphatic rings. The van der Waals surface area contributed by atoms with Crippen molar-refractivity contribution in [3.05, 3.63) is 10.8 Å². The van der Waals surface area contributed by atoms with Gasteiger partial charge < -0.3 is 39.1 Å². The Morgan fingerprint density at radius 1 is 0.881 bits per heavy atom. The first kappa shape index (κ1) is 36.6. The summed E-state index contributed by atoms with van der Waals surface area (Å²) in [6, 6.07) is 0. The van der Waals surface area contributed by atoms with Crippen LogP contribution >= 0.6 is 22.9 Å². The van der Waals surface area contributed by atoms with Crippen LogP contribution in [0.4, 0.5) is 0 Å². The maximum absolute atomic E-state index is 12.4. The molecular weight excluding hydrogens is 584 g/mol. The van der Waals surface area contributed by atoms with Gasteiger partial charge in [0.15, 0.2) is 17.6 Å². The molecule has 2 rings (SSSR count). The molecule has 42 heavy (non-hydrogen) atoms. The largest absolute Gasteiger partial charge is 0.485 e. The monoisotopic (exact) mass is 634 g/mol. The van der Waals surface area contributed by atoms with Gasteiger partial charge in [-0.2, -0.15) is 0 Å². The van der Waals surface area contributed by atoms with Crippen LogP contribution in [0.3, 0.4) is 0 Å². The Hall–Kier alpha value is -1.63. The lowest BCUT2D eigenvalue weighted by atomic mass is 9.89. The number of fused-ring (bicyclic) bond motifs is 1. The Morgan fingerprint density at radius 3 is 2.38 bits per heavy atom. The lowest BCUT2D eigenvalue weighted by molar-refractivity contribution is -0.128. The van der Waals surface area contributed by atoms with E-state index in [1.165, 1.54) is 11.3 Å². The minimum Gasteiger partial charge on any atom is -0.485 e. The van der Waals surface area contributed by atoms with Crippen molar-refractivity contribution in [1.29, 1.82) is 0 Å². The average molecular weight is 635 g/mol. The van der Waals surface area contributed by atoms with E-state index in [1.54, 1.807) is 0 Å². The maximum Gasteiger partial charge on any atom is 0.246 e. The highest BCUT2D eigenvalue weighted by atomic mass is 35.5. The molecule has 0 spiro atoms. The van der Waals surface area contributed by atoms with Gasteiger partial charge in [-0.25, -0.2) is 0 Å². The number of amides is 2. The van der Waals surface area contributed by atoms with Crippen molar-refractivity contribution in [1.82, 2.24) is 10.6 Å². The van der Waals surface area contributed by atoms with Crippen molar-refractivity contribution in [3.8, 4) is 11.5 Å². The molecule has 0 radical (unpaired) electrons. The maximum atomic E-state index is 12.4. The van der Waals surface area contributed by atoms with Crippen LogP contribution in [0.5, 0.6) is 11.5 Å². The van der Waals surface area contributed by atoms with E-state index in [9.17, 15) is 9.59 Å². The Kier molecular flexibility index (Phi) is 17.7. The van der Waals surface area contributed by atoms with Gasteiger partial charge in [-0.3, -0.25) is 9.59 Å². The second-order valence-corrected chi connectivity index (χ2v) is 13.2. The topological polar surface area (TPSA) is 114 Å². The van der Waals surface area contributed by atoms with Crippen LogP contribution in [-0.2, 0) is 28.5 Å². The van der Waals surface area contributed by atoms with E-state index in [0.29, 0.717) is 59.2 Å². The summed E-state index contributed by atoms with van der Waals surface area (Å²) in [6.07, 6.45) is 4.49. The normalized spacial score (nSPS) is 15.0. The standard InChI is InChI=1S/C30H51ClN2O8S/c1-29(2,15-27(34)32-10-12-37-14-13-36-11-8-6-5-7-9-31)22-39-23-30(3,4)21-33-28(35)18-38-16-24-17-40-25-19-42-20-26(25)41-24/h19-20,24H,5-18,21-23H2,1-4H3,(H,32,34)(H,33,35). The van der Waals surface area contributed by atoms with Gasteiger partial charge in [0.25, 0.3) is 0 Å². The molecule has 0 saturated carbocycles. The lowest BCUT2D eigenvalue weighted by Gasteiger charge is -2.29. The summed E-state index contributed by atoms with van der Waals surface area (Å²) < 4.78 is 34.0. The average Bonchev–Trinajstić information content (AvgIpc) is 3.40. The van der Waals surface area contributed by atoms with Gasteiger partial charge in [0.1, 0.15) is 13.2 Å². The van der Waals surface area contributed by atoms with Gasteiger partial charge in [-0.05, 0) is 18.3 Å². The molecule has 12 heteroatoms. The minimum absolute atomic E-state index is 0.0344. The predicted molar refractivity (Wildman–Crippen MR) is 165 cm³/mol. The van der Waals surface area contributed by atoms with E-state index < -0.39 is 0 Å². The molecule has 2 heterocycles. The number of unbranched alkanes of at least 4 members (excludes halogenated alkanes) is 3. The van der Waals surface area contributed by atoms with E-state index in [4.69, 9.17) is 40.0 Å². The molecule has 2 N–H and O–H groups in total. The van der Waals surface area contributed by atoms with Crippen LogP contribution in [0.15, 0.2) is 10.8 Å². The van der Waals surface area contributed by atoms with Crippen LogP contribution in [0.1, 0.15) is 59.8 Å². The highest BCUT2D eigenvalue weighted by Crippen LogP contribution is 2.35. The molecule has 1 atom stereocenters. The molecule has 10 nitrogen and oxygen atoms in total. The lowest BCUT2D eigenvalue weighted by Crippen LogP contribution is -2.40. The molecule has 242 valence electrons. The number of ether oxygens (including phenoxy) is 6. The fraction of sp³-hybridized carbons (Fsp3) is 0.800. The third-order valence-electron chi connectivity index (χ3n) is 6.35. The third-order valence-corrected chi connectivity index (χ3v) is 7.32. The van der Waals surface area contributed by atoms with E-state index in [2.05, 4.69) is 10.6 Å². The third kappa shape index (κ3) is 16.9. The van der Waals surface area contributed by atoms with Gasteiger partial charge >= 0.3 is 0 Å². The van der Waals surface area contributed by atoms with E-state index in [0.717, 1.165) is 49.7 Å². The van der Waals surface area contributed by atoms with Crippen LogP contribution in [-0.4, -0.2) is 96.3 Å². The summed E-state index contributed by atoms with van der Waals surface area (Å²) in [4.78, 5) is 24.6. The predicted octanol–water partition coefficient (Wildman–Crippen LogP) is 4.43. The molecule has 0 saturated heterocycles. The zero-order chi connectivity index (χ0) is 30.7. The molecule has 2 amide bonds. The number of carbonyl (C=O) groups is 2. The molecule has 1 aliphatic heterocycles. The van der Waals surface area contributed by atoms with Gasteiger partial charge in [0, 0.05) is 48.2 Å². The number of hydrogen-bond donors (Lipinski definition) is 2. The zero-order valence-electron chi connectivity index (χ0n) is 25.8.